The van der Waals surface area contributed by atoms with Crippen molar-refractivity contribution in [2.75, 3.05) is 10.5 Å². The minimum atomic E-state index is -4.13. The number of nitrogen functional groups attached to an aromatic ring is 1. The molecule has 0 aromatic heterocycles. The Labute approximate surface area is 121 Å². The third-order valence-electron chi connectivity index (χ3n) is 2.86. The number of sulfonamides is 1. The van der Waals surface area contributed by atoms with Gasteiger partial charge in [-0.15, -0.1) is 0 Å². The molecule has 0 bridgehead atoms. The first-order chi connectivity index (χ1) is 9.83. The average molecular weight is 305 g/mol. The predicted molar refractivity (Wildman–Crippen MR) is 77.5 cm³/mol. The van der Waals surface area contributed by atoms with Crippen LogP contribution in [0.4, 0.5) is 15.8 Å². The van der Waals surface area contributed by atoms with Gasteiger partial charge in [-0.2, -0.15) is 5.26 Å². The van der Waals surface area contributed by atoms with Crippen molar-refractivity contribution >= 4 is 21.4 Å². The number of hydrogen-bond acceptors (Lipinski definition) is 4. The van der Waals surface area contributed by atoms with E-state index in [2.05, 4.69) is 4.72 Å². The lowest BCUT2D eigenvalue weighted by atomic mass is 10.1. The van der Waals surface area contributed by atoms with Crippen molar-refractivity contribution in [3.05, 3.63) is 53.3 Å². The van der Waals surface area contributed by atoms with E-state index in [1.807, 2.05) is 6.07 Å². The van der Waals surface area contributed by atoms with E-state index < -0.39 is 20.7 Å². The average Bonchev–Trinajstić information content (AvgIpc) is 2.43. The minimum Gasteiger partial charge on any atom is -0.399 e. The van der Waals surface area contributed by atoms with Gasteiger partial charge in [0.1, 0.15) is 10.7 Å². The van der Waals surface area contributed by atoms with Gasteiger partial charge in [-0.05, 0) is 42.8 Å². The smallest absolute Gasteiger partial charge is 0.264 e. The maximum Gasteiger partial charge on any atom is 0.264 e. The van der Waals surface area contributed by atoms with Crippen molar-refractivity contribution in [1.82, 2.24) is 0 Å². The fraction of sp³-hybridized carbons (Fsp3) is 0.0714. The summed E-state index contributed by atoms with van der Waals surface area (Å²) in [5.74, 6) is -0.897. The molecule has 0 radical (unpaired) electrons. The van der Waals surface area contributed by atoms with Crippen LogP contribution in [0.3, 0.4) is 0 Å². The van der Waals surface area contributed by atoms with Gasteiger partial charge in [0.15, 0.2) is 0 Å². The van der Waals surface area contributed by atoms with Crippen molar-refractivity contribution in [2.24, 2.45) is 0 Å². The van der Waals surface area contributed by atoms with E-state index in [1.54, 1.807) is 19.1 Å². The summed E-state index contributed by atoms with van der Waals surface area (Å²) in [6, 6.07) is 9.77. The van der Waals surface area contributed by atoms with Gasteiger partial charge < -0.3 is 5.73 Å². The van der Waals surface area contributed by atoms with Gasteiger partial charge in [0.25, 0.3) is 10.0 Å². The third-order valence-corrected chi connectivity index (χ3v) is 4.24. The molecule has 0 aliphatic carbocycles. The van der Waals surface area contributed by atoms with E-state index in [9.17, 15) is 12.8 Å². The van der Waals surface area contributed by atoms with E-state index in [0.29, 0.717) is 11.1 Å². The maximum atomic E-state index is 13.7. The van der Waals surface area contributed by atoms with Gasteiger partial charge in [-0.3, -0.25) is 4.72 Å². The Morgan fingerprint density at radius 3 is 2.62 bits per heavy atom. The quantitative estimate of drug-likeness (QED) is 0.851. The first-order valence-corrected chi connectivity index (χ1v) is 7.40. The van der Waals surface area contributed by atoms with Crippen molar-refractivity contribution in [3.63, 3.8) is 0 Å². The Morgan fingerprint density at radius 1 is 1.24 bits per heavy atom. The van der Waals surface area contributed by atoms with Crippen molar-refractivity contribution in [2.45, 2.75) is 11.8 Å². The number of nitrogens with one attached hydrogen (secondary N) is 1. The number of halogens is 1. The zero-order valence-corrected chi connectivity index (χ0v) is 11.9. The summed E-state index contributed by atoms with van der Waals surface area (Å²) in [7, 11) is -4.13. The van der Waals surface area contributed by atoms with Crippen LogP contribution in [0.1, 0.15) is 11.1 Å². The number of rotatable bonds is 3. The standard InChI is InChI=1S/C14H12FN3O2S/c1-9-2-3-10(8-16)6-13(9)18-21(19,20)14-7-11(17)4-5-12(14)15/h2-7,18H,17H2,1H3. The molecule has 3 N–H and O–H groups in total. The summed E-state index contributed by atoms with van der Waals surface area (Å²) in [4.78, 5) is -0.538. The largest absolute Gasteiger partial charge is 0.399 e. The zero-order valence-electron chi connectivity index (χ0n) is 11.1. The lowest BCUT2D eigenvalue weighted by Gasteiger charge is -2.12. The number of benzene rings is 2. The number of hydrogen-bond donors (Lipinski definition) is 2. The van der Waals surface area contributed by atoms with Crippen LogP contribution in [0.2, 0.25) is 0 Å². The predicted octanol–water partition coefficient (Wildman–Crippen LogP) is 2.39. The fourth-order valence-electron chi connectivity index (χ4n) is 1.73. The minimum absolute atomic E-state index is 0.138. The number of nitrogens with two attached hydrogens (primary N) is 1. The normalized spacial score (nSPS) is 10.9. The highest BCUT2D eigenvalue weighted by Gasteiger charge is 2.20. The lowest BCUT2D eigenvalue weighted by molar-refractivity contribution is 0.570. The molecular weight excluding hydrogens is 293 g/mol. The van der Waals surface area contributed by atoms with Crippen LogP contribution in [-0.4, -0.2) is 8.42 Å². The third kappa shape index (κ3) is 3.12. The summed E-state index contributed by atoms with van der Waals surface area (Å²) in [6.07, 6.45) is 0. The molecule has 0 amide bonds. The van der Waals surface area contributed by atoms with E-state index in [0.717, 1.165) is 12.1 Å². The van der Waals surface area contributed by atoms with Crippen LogP contribution in [0, 0.1) is 24.1 Å². The Morgan fingerprint density at radius 2 is 1.95 bits per heavy atom. The lowest BCUT2D eigenvalue weighted by Crippen LogP contribution is -2.15. The molecule has 5 nitrogen and oxygen atoms in total. The van der Waals surface area contributed by atoms with E-state index in [4.69, 9.17) is 11.0 Å². The molecule has 0 saturated carbocycles. The van der Waals surface area contributed by atoms with Gasteiger partial charge >= 0.3 is 0 Å². The highest BCUT2D eigenvalue weighted by Crippen LogP contribution is 2.23. The summed E-state index contributed by atoms with van der Waals surface area (Å²) in [5.41, 5.74) is 6.76. The van der Waals surface area contributed by atoms with Crippen LogP contribution >= 0.6 is 0 Å². The van der Waals surface area contributed by atoms with Crippen LogP contribution in [0.5, 0.6) is 0 Å². The fourth-order valence-corrected chi connectivity index (χ4v) is 2.96. The van der Waals surface area contributed by atoms with Crippen LogP contribution in [0.25, 0.3) is 0 Å². The second-order valence-electron chi connectivity index (χ2n) is 4.44. The summed E-state index contributed by atoms with van der Waals surface area (Å²) < 4.78 is 40.4. The molecule has 0 fully saturated rings. The number of anilines is 2. The molecule has 108 valence electrons. The Bertz CT molecular complexity index is 842. The molecule has 0 aliphatic rings. The molecule has 21 heavy (non-hydrogen) atoms. The highest BCUT2D eigenvalue weighted by molar-refractivity contribution is 7.92. The Hall–Kier alpha value is -2.59. The number of aryl methyl sites for hydroxylation is 1. The van der Waals surface area contributed by atoms with Crippen molar-refractivity contribution < 1.29 is 12.8 Å². The van der Waals surface area contributed by atoms with Gasteiger partial charge in [0.2, 0.25) is 0 Å². The molecule has 7 heteroatoms. The second-order valence-corrected chi connectivity index (χ2v) is 6.09. The topological polar surface area (TPSA) is 96.0 Å². The molecular formula is C14H12FN3O2S. The van der Waals surface area contributed by atoms with Crippen LogP contribution in [-0.2, 0) is 10.0 Å². The molecule has 0 spiro atoms. The summed E-state index contributed by atoms with van der Waals surface area (Å²) in [6.45, 7) is 1.68. The molecule has 0 heterocycles. The van der Waals surface area contributed by atoms with Gasteiger partial charge in [0.05, 0.1) is 17.3 Å². The molecule has 2 aromatic rings. The summed E-state index contributed by atoms with van der Waals surface area (Å²) >= 11 is 0. The van der Waals surface area contributed by atoms with Gasteiger partial charge in [-0.25, -0.2) is 12.8 Å². The molecule has 0 saturated heterocycles. The first-order valence-electron chi connectivity index (χ1n) is 5.92. The number of nitrogens with zero attached hydrogens (tertiary/aromatic N) is 1. The van der Waals surface area contributed by atoms with Crippen LogP contribution < -0.4 is 10.5 Å². The van der Waals surface area contributed by atoms with Crippen molar-refractivity contribution in [1.29, 1.82) is 5.26 Å². The zero-order chi connectivity index (χ0) is 15.6. The first kappa shape index (κ1) is 14.8. The molecule has 0 atom stereocenters. The Balaban J connectivity index is 2.47. The molecule has 0 unspecified atom stereocenters. The second kappa shape index (κ2) is 5.42. The molecule has 2 rings (SSSR count). The highest BCUT2D eigenvalue weighted by atomic mass is 32.2. The monoisotopic (exact) mass is 305 g/mol. The van der Waals surface area contributed by atoms with Gasteiger partial charge in [-0.1, -0.05) is 6.07 Å². The SMILES string of the molecule is Cc1ccc(C#N)cc1NS(=O)(=O)c1cc(N)ccc1F. The number of nitriles is 1. The van der Waals surface area contributed by atoms with E-state index >= 15 is 0 Å². The van der Waals surface area contributed by atoms with Crippen LogP contribution in [0.15, 0.2) is 41.3 Å². The van der Waals surface area contributed by atoms with E-state index in [1.165, 1.54) is 12.1 Å². The molecule has 2 aromatic carbocycles. The Kier molecular flexibility index (Phi) is 3.82. The van der Waals surface area contributed by atoms with E-state index in [-0.39, 0.29) is 11.4 Å². The summed E-state index contributed by atoms with van der Waals surface area (Å²) in [5, 5.41) is 8.85. The van der Waals surface area contributed by atoms with Gasteiger partial charge in [0, 0.05) is 5.69 Å². The maximum absolute atomic E-state index is 13.7. The molecule has 0 aliphatic heterocycles. The van der Waals surface area contributed by atoms with Crippen molar-refractivity contribution in [3.8, 4) is 6.07 Å².